The third-order valence-electron chi connectivity index (χ3n) is 3.60. The fraction of sp³-hybridized carbons (Fsp3) is 0.389. The highest BCUT2D eigenvalue weighted by molar-refractivity contribution is 7.99. The van der Waals surface area contributed by atoms with Gasteiger partial charge < -0.3 is 10.6 Å². The number of rotatable bonds is 7. The van der Waals surface area contributed by atoms with Crippen LogP contribution in [0.3, 0.4) is 0 Å². The fourth-order valence-corrected chi connectivity index (χ4v) is 3.00. The quantitative estimate of drug-likeness (QED) is 0.743. The number of benzene rings is 1. The van der Waals surface area contributed by atoms with Crippen LogP contribution in [0.4, 0.5) is 0 Å². The van der Waals surface area contributed by atoms with Crippen LogP contribution in [0.1, 0.15) is 25.0 Å². The standard InChI is InChI=1S/C18H24N4O2S/c1-12(2)21-16(23)10-20-17(24)11-25-18-19-7-8-22(18)15-6-5-13(3)14(4)9-15/h5-9,12H,10-11H2,1-4H3,(H,20,24)(H,21,23). The molecule has 1 aromatic carbocycles. The van der Waals surface area contributed by atoms with Gasteiger partial charge in [-0.1, -0.05) is 17.8 Å². The molecule has 0 unspecified atom stereocenters. The van der Waals surface area contributed by atoms with Crippen molar-refractivity contribution >= 4 is 23.6 Å². The van der Waals surface area contributed by atoms with E-state index in [0.717, 1.165) is 10.8 Å². The third-order valence-corrected chi connectivity index (χ3v) is 4.57. The molecule has 134 valence electrons. The minimum Gasteiger partial charge on any atom is -0.352 e. The Labute approximate surface area is 152 Å². The normalized spacial score (nSPS) is 10.8. The predicted octanol–water partition coefficient (Wildman–Crippen LogP) is 2.22. The van der Waals surface area contributed by atoms with E-state index in [2.05, 4.69) is 41.6 Å². The lowest BCUT2D eigenvalue weighted by Crippen LogP contribution is -2.40. The summed E-state index contributed by atoms with van der Waals surface area (Å²) in [5.41, 5.74) is 3.45. The Morgan fingerprint density at radius 3 is 2.64 bits per heavy atom. The van der Waals surface area contributed by atoms with E-state index in [1.54, 1.807) is 6.20 Å². The molecule has 0 aliphatic rings. The van der Waals surface area contributed by atoms with E-state index < -0.39 is 0 Å². The van der Waals surface area contributed by atoms with Crippen molar-refractivity contribution in [2.45, 2.75) is 38.9 Å². The molecule has 1 heterocycles. The Morgan fingerprint density at radius 2 is 1.96 bits per heavy atom. The van der Waals surface area contributed by atoms with Crippen LogP contribution >= 0.6 is 11.8 Å². The maximum atomic E-state index is 11.9. The van der Waals surface area contributed by atoms with E-state index in [1.807, 2.05) is 30.7 Å². The number of amides is 2. The Morgan fingerprint density at radius 1 is 1.20 bits per heavy atom. The fourth-order valence-electron chi connectivity index (χ4n) is 2.20. The zero-order valence-electron chi connectivity index (χ0n) is 15.0. The molecule has 0 radical (unpaired) electrons. The number of hydrogen-bond donors (Lipinski definition) is 2. The van der Waals surface area contributed by atoms with Gasteiger partial charge in [-0.2, -0.15) is 0 Å². The molecule has 25 heavy (non-hydrogen) atoms. The first-order chi connectivity index (χ1) is 11.9. The summed E-state index contributed by atoms with van der Waals surface area (Å²) in [5, 5.41) is 6.09. The number of aryl methyl sites for hydroxylation is 2. The number of nitrogens with zero attached hydrogens (tertiary/aromatic N) is 2. The summed E-state index contributed by atoms with van der Waals surface area (Å²) in [6.45, 7) is 7.88. The van der Waals surface area contributed by atoms with Crippen molar-refractivity contribution in [3.8, 4) is 5.69 Å². The van der Waals surface area contributed by atoms with Crippen LogP contribution in [0.5, 0.6) is 0 Å². The molecule has 0 bridgehead atoms. The molecule has 1 aromatic heterocycles. The highest BCUT2D eigenvalue weighted by Gasteiger charge is 2.11. The van der Waals surface area contributed by atoms with Crippen molar-refractivity contribution in [1.29, 1.82) is 0 Å². The summed E-state index contributed by atoms with van der Waals surface area (Å²) in [6, 6.07) is 6.25. The molecule has 2 N–H and O–H groups in total. The summed E-state index contributed by atoms with van der Waals surface area (Å²) in [5.74, 6) is -0.180. The number of aromatic nitrogens is 2. The van der Waals surface area contributed by atoms with Crippen molar-refractivity contribution in [3.63, 3.8) is 0 Å². The molecule has 0 saturated heterocycles. The van der Waals surface area contributed by atoms with Gasteiger partial charge in [0.2, 0.25) is 11.8 Å². The molecule has 0 spiro atoms. The average molecular weight is 360 g/mol. The number of imidazole rings is 1. The second kappa shape index (κ2) is 8.71. The van der Waals surface area contributed by atoms with Gasteiger partial charge in [0.15, 0.2) is 5.16 Å². The molecule has 2 aromatic rings. The van der Waals surface area contributed by atoms with E-state index >= 15 is 0 Å². The van der Waals surface area contributed by atoms with Gasteiger partial charge in [0.25, 0.3) is 0 Å². The monoisotopic (exact) mass is 360 g/mol. The topological polar surface area (TPSA) is 76.0 Å². The molecular formula is C18H24N4O2S. The van der Waals surface area contributed by atoms with Gasteiger partial charge in [0.05, 0.1) is 12.3 Å². The summed E-state index contributed by atoms with van der Waals surface area (Å²) >= 11 is 1.34. The maximum absolute atomic E-state index is 11.9. The smallest absolute Gasteiger partial charge is 0.239 e. The van der Waals surface area contributed by atoms with Crippen LogP contribution in [0, 0.1) is 13.8 Å². The maximum Gasteiger partial charge on any atom is 0.239 e. The van der Waals surface area contributed by atoms with Crippen LogP contribution in [-0.2, 0) is 9.59 Å². The minimum atomic E-state index is -0.196. The van der Waals surface area contributed by atoms with Crippen molar-refractivity contribution in [3.05, 3.63) is 41.7 Å². The van der Waals surface area contributed by atoms with E-state index in [9.17, 15) is 9.59 Å². The first kappa shape index (κ1) is 19.1. The molecule has 6 nitrogen and oxygen atoms in total. The number of nitrogens with one attached hydrogen (secondary N) is 2. The van der Waals surface area contributed by atoms with Crippen molar-refractivity contribution in [2.75, 3.05) is 12.3 Å². The molecule has 2 amide bonds. The molecule has 7 heteroatoms. The minimum absolute atomic E-state index is 0.0107. The molecule has 0 fully saturated rings. The highest BCUT2D eigenvalue weighted by Crippen LogP contribution is 2.21. The van der Waals surface area contributed by atoms with Crippen LogP contribution in [-0.4, -0.2) is 39.7 Å². The summed E-state index contributed by atoms with van der Waals surface area (Å²) < 4.78 is 1.95. The number of thioether (sulfide) groups is 1. The molecular weight excluding hydrogens is 336 g/mol. The second-order valence-electron chi connectivity index (χ2n) is 6.14. The van der Waals surface area contributed by atoms with Gasteiger partial charge in [0, 0.05) is 24.1 Å². The Balaban J connectivity index is 1.92. The van der Waals surface area contributed by atoms with E-state index in [0.29, 0.717) is 0 Å². The lowest BCUT2D eigenvalue weighted by molar-refractivity contribution is -0.125. The van der Waals surface area contributed by atoms with E-state index in [4.69, 9.17) is 0 Å². The van der Waals surface area contributed by atoms with Gasteiger partial charge in [-0.3, -0.25) is 14.2 Å². The van der Waals surface area contributed by atoms with Crippen molar-refractivity contribution in [1.82, 2.24) is 20.2 Å². The Hall–Kier alpha value is -2.28. The summed E-state index contributed by atoms with van der Waals surface area (Å²) in [7, 11) is 0. The van der Waals surface area contributed by atoms with Crippen LogP contribution in [0.2, 0.25) is 0 Å². The number of hydrogen-bond acceptors (Lipinski definition) is 4. The molecule has 0 atom stereocenters. The predicted molar refractivity (Wildman–Crippen MR) is 100 cm³/mol. The molecule has 0 aliphatic heterocycles. The zero-order valence-corrected chi connectivity index (χ0v) is 15.8. The number of carbonyl (C=O) groups is 2. The lowest BCUT2D eigenvalue weighted by atomic mass is 10.1. The zero-order chi connectivity index (χ0) is 18.4. The second-order valence-corrected chi connectivity index (χ2v) is 7.08. The van der Waals surface area contributed by atoms with Gasteiger partial charge in [-0.05, 0) is 51.0 Å². The van der Waals surface area contributed by atoms with Gasteiger partial charge in [-0.15, -0.1) is 0 Å². The molecule has 2 rings (SSSR count). The Kier molecular flexibility index (Phi) is 6.64. The molecule has 0 aliphatic carbocycles. The van der Waals surface area contributed by atoms with Crippen LogP contribution in [0.25, 0.3) is 5.69 Å². The molecule has 0 saturated carbocycles. The average Bonchev–Trinajstić information content (AvgIpc) is 3.01. The highest BCUT2D eigenvalue weighted by atomic mass is 32.2. The van der Waals surface area contributed by atoms with Crippen LogP contribution < -0.4 is 10.6 Å². The van der Waals surface area contributed by atoms with Gasteiger partial charge in [-0.25, -0.2) is 4.98 Å². The Bertz CT molecular complexity index is 755. The largest absolute Gasteiger partial charge is 0.352 e. The SMILES string of the molecule is Cc1ccc(-n2ccnc2SCC(=O)NCC(=O)NC(C)C)cc1C. The van der Waals surface area contributed by atoms with Crippen molar-refractivity contribution < 1.29 is 9.59 Å². The van der Waals surface area contributed by atoms with Crippen molar-refractivity contribution in [2.24, 2.45) is 0 Å². The first-order valence-electron chi connectivity index (χ1n) is 8.16. The first-order valence-corrected chi connectivity index (χ1v) is 9.15. The summed E-state index contributed by atoms with van der Waals surface area (Å²) in [4.78, 5) is 27.8. The van der Waals surface area contributed by atoms with E-state index in [-0.39, 0.29) is 30.2 Å². The van der Waals surface area contributed by atoms with Gasteiger partial charge in [0.1, 0.15) is 0 Å². The third kappa shape index (κ3) is 5.63. The lowest BCUT2D eigenvalue weighted by Gasteiger charge is -2.10. The van der Waals surface area contributed by atoms with Gasteiger partial charge >= 0.3 is 0 Å². The van der Waals surface area contributed by atoms with E-state index in [1.165, 1.54) is 22.9 Å². The summed E-state index contributed by atoms with van der Waals surface area (Å²) in [6.07, 6.45) is 3.59. The number of carbonyl (C=O) groups excluding carboxylic acids is 2. The van der Waals surface area contributed by atoms with Crippen LogP contribution in [0.15, 0.2) is 35.7 Å².